The highest BCUT2D eigenvalue weighted by atomic mass is 14.8. The molecule has 0 aromatic heterocycles. The fraction of sp³-hybridized carbons (Fsp3) is 1.00. The van der Waals surface area contributed by atoms with Crippen LogP contribution in [0.25, 0.3) is 0 Å². The zero-order chi connectivity index (χ0) is 12.9. The van der Waals surface area contributed by atoms with Gasteiger partial charge in [0, 0.05) is 0 Å². The number of hydrogen-bond donors (Lipinski definition) is 1. The Bertz CT molecular complexity index is 142. The second-order valence-corrected chi connectivity index (χ2v) is 5.72. The van der Waals surface area contributed by atoms with Gasteiger partial charge in [-0.3, -0.25) is 0 Å². The maximum absolute atomic E-state index is 3.50. The van der Waals surface area contributed by atoms with Crippen molar-refractivity contribution < 1.29 is 0 Å². The lowest BCUT2D eigenvalue weighted by Gasteiger charge is -2.21. The summed E-state index contributed by atoms with van der Waals surface area (Å²) in [5, 5.41) is 3.50. The Hall–Kier alpha value is -0.0400. The molecule has 0 saturated heterocycles. The fourth-order valence-electron chi connectivity index (χ4n) is 2.36. The van der Waals surface area contributed by atoms with Crippen molar-refractivity contribution in [1.82, 2.24) is 5.32 Å². The van der Waals surface area contributed by atoms with Crippen LogP contribution in [-0.4, -0.2) is 13.1 Å². The minimum absolute atomic E-state index is 0.828. The molecule has 0 aliphatic heterocycles. The van der Waals surface area contributed by atoms with Gasteiger partial charge in [0.2, 0.25) is 0 Å². The van der Waals surface area contributed by atoms with E-state index in [4.69, 9.17) is 0 Å². The molecule has 0 spiro atoms. The monoisotopic (exact) mass is 241 g/mol. The summed E-state index contributed by atoms with van der Waals surface area (Å²) in [6.07, 6.45) is 11.4. The first kappa shape index (κ1) is 17.0. The van der Waals surface area contributed by atoms with Crippen molar-refractivity contribution in [3.05, 3.63) is 0 Å². The molecule has 0 fully saturated rings. The molecule has 1 nitrogen and oxygen atoms in total. The topological polar surface area (TPSA) is 12.0 Å². The molecule has 1 unspecified atom stereocenters. The maximum atomic E-state index is 3.50. The number of unbranched alkanes of at least 4 members (excludes halogenated alkanes) is 6. The molecule has 0 rings (SSSR count). The summed E-state index contributed by atoms with van der Waals surface area (Å²) >= 11 is 0. The first-order valence-corrected chi connectivity index (χ1v) is 7.93. The van der Waals surface area contributed by atoms with Crippen molar-refractivity contribution in [1.29, 1.82) is 0 Å². The van der Waals surface area contributed by atoms with Gasteiger partial charge in [-0.2, -0.15) is 0 Å². The summed E-state index contributed by atoms with van der Waals surface area (Å²) in [5.74, 6) is 1.71. The second kappa shape index (κ2) is 12.4. The van der Waals surface area contributed by atoms with E-state index >= 15 is 0 Å². The van der Waals surface area contributed by atoms with E-state index in [2.05, 4.69) is 33.0 Å². The van der Waals surface area contributed by atoms with Gasteiger partial charge < -0.3 is 5.32 Å². The van der Waals surface area contributed by atoms with Crippen LogP contribution < -0.4 is 5.32 Å². The van der Waals surface area contributed by atoms with Gasteiger partial charge in [0.05, 0.1) is 0 Å². The Balaban J connectivity index is 3.41. The molecule has 0 saturated carbocycles. The van der Waals surface area contributed by atoms with Crippen LogP contribution in [0.15, 0.2) is 0 Å². The van der Waals surface area contributed by atoms with E-state index in [9.17, 15) is 0 Å². The average molecular weight is 241 g/mol. The fourth-order valence-corrected chi connectivity index (χ4v) is 2.36. The molecule has 0 heterocycles. The van der Waals surface area contributed by atoms with E-state index in [1.165, 1.54) is 57.9 Å². The second-order valence-electron chi connectivity index (χ2n) is 5.72. The van der Waals surface area contributed by atoms with Gasteiger partial charge in [0.25, 0.3) is 0 Å². The number of hydrogen-bond acceptors (Lipinski definition) is 1. The molecule has 0 bridgehead atoms. The van der Waals surface area contributed by atoms with Gasteiger partial charge in [-0.25, -0.2) is 0 Å². The van der Waals surface area contributed by atoms with E-state index in [1.54, 1.807) is 0 Å². The molecule has 0 aliphatic carbocycles. The zero-order valence-corrected chi connectivity index (χ0v) is 12.7. The van der Waals surface area contributed by atoms with Crippen molar-refractivity contribution in [2.75, 3.05) is 13.1 Å². The predicted molar refractivity (Wildman–Crippen MR) is 79.5 cm³/mol. The van der Waals surface area contributed by atoms with Crippen LogP contribution in [0.3, 0.4) is 0 Å². The Morgan fingerprint density at radius 2 is 1.41 bits per heavy atom. The van der Waals surface area contributed by atoms with Crippen molar-refractivity contribution in [3.63, 3.8) is 0 Å². The molecule has 1 N–H and O–H groups in total. The largest absolute Gasteiger partial charge is 0.317 e. The van der Waals surface area contributed by atoms with Crippen molar-refractivity contribution >= 4 is 0 Å². The van der Waals surface area contributed by atoms with Gasteiger partial charge in [-0.05, 0) is 31.3 Å². The highest BCUT2D eigenvalue weighted by Crippen LogP contribution is 2.18. The molecular formula is C16H35N. The van der Waals surface area contributed by atoms with Crippen LogP contribution in [0.4, 0.5) is 0 Å². The van der Waals surface area contributed by atoms with Crippen LogP contribution in [0.1, 0.15) is 79.1 Å². The maximum Gasteiger partial charge on any atom is -0.00182 e. The van der Waals surface area contributed by atoms with Gasteiger partial charge in [-0.1, -0.05) is 72.6 Å². The lowest BCUT2D eigenvalue weighted by Crippen LogP contribution is -2.26. The molecule has 0 aromatic carbocycles. The first-order chi connectivity index (χ1) is 8.22. The van der Waals surface area contributed by atoms with Gasteiger partial charge in [0.1, 0.15) is 0 Å². The third-order valence-electron chi connectivity index (χ3n) is 3.78. The van der Waals surface area contributed by atoms with E-state index < -0.39 is 0 Å². The van der Waals surface area contributed by atoms with Crippen molar-refractivity contribution in [3.8, 4) is 0 Å². The quantitative estimate of drug-likeness (QED) is 0.474. The zero-order valence-electron chi connectivity index (χ0n) is 12.7. The van der Waals surface area contributed by atoms with Crippen LogP contribution in [0, 0.1) is 11.8 Å². The summed E-state index contributed by atoms with van der Waals surface area (Å²) in [4.78, 5) is 0. The molecule has 0 aromatic rings. The lowest BCUT2D eigenvalue weighted by atomic mass is 9.90. The minimum Gasteiger partial charge on any atom is -0.317 e. The van der Waals surface area contributed by atoms with Crippen LogP contribution in [0.5, 0.6) is 0 Å². The standard InChI is InChI=1S/C16H35N/c1-5-7-8-9-10-11-12-13-16(15(3)4)14-17-6-2/h15-17H,5-14H2,1-4H3. The summed E-state index contributed by atoms with van der Waals surface area (Å²) in [7, 11) is 0. The van der Waals surface area contributed by atoms with Crippen LogP contribution >= 0.6 is 0 Å². The van der Waals surface area contributed by atoms with Gasteiger partial charge in [0.15, 0.2) is 0 Å². The van der Waals surface area contributed by atoms with Crippen LogP contribution in [-0.2, 0) is 0 Å². The van der Waals surface area contributed by atoms with Crippen LogP contribution in [0.2, 0.25) is 0 Å². The summed E-state index contributed by atoms with van der Waals surface area (Å²) in [6, 6.07) is 0. The minimum atomic E-state index is 0.828. The average Bonchev–Trinajstić information content (AvgIpc) is 2.31. The Morgan fingerprint density at radius 3 is 1.94 bits per heavy atom. The number of rotatable bonds is 12. The third kappa shape index (κ3) is 10.8. The molecule has 104 valence electrons. The predicted octanol–water partition coefficient (Wildman–Crippen LogP) is 5.01. The smallest absolute Gasteiger partial charge is 0.00182 e. The molecule has 0 amide bonds. The van der Waals surface area contributed by atoms with Gasteiger partial charge in [-0.15, -0.1) is 0 Å². The molecule has 1 atom stereocenters. The molecular weight excluding hydrogens is 206 g/mol. The van der Waals surface area contributed by atoms with Crippen molar-refractivity contribution in [2.45, 2.75) is 79.1 Å². The van der Waals surface area contributed by atoms with Crippen molar-refractivity contribution in [2.24, 2.45) is 11.8 Å². The van der Waals surface area contributed by atoms with E-state index in [1.807, 2.05) is 0 Å². The van der Waals surface area contributed by atoms with E-state index in [-0.39, 0.29) is 0 Å². The lowest BCUT2D eigenvalue weighted by molar-refractivity contribution is 0.331. The number of nitrogens with one attached hydrogen (secondary N) is 1. The molecule has 0 radical (unpaired) electrons. The third-order valence-corrected chi connectivity index (χ3v) is 3.78. The molecule has 17 heavy (non-hydrogen) atoms. The summed E-state index contributed by atoms with van der Waals surface area (Å²) in [6.45, 7) is 11.5. The van der Waals surface area contributed by atoms with E-state index in [0.29, 0.717) is 0 Å². The first-order valence-electron chi connectivity index (χ1n) is 7.93. The van der Waals surface area contributed by atoms with Gasteiger partial charge >= 0.3 is 0 Å². The Labute approximate surface area is 110 Å². The highest BCUT2D eigenvalue weighted by Gasteiger charge is 2.11. The SMILES string of the molecule is CCCCCCCCCC(CNCC)C(C)C. The molecule has 0 aliphatic rings. The summed E-state index contributed by atoms with van der Waals surface area (Å²) < 4.78 is 0. The normalized spacial score (nSPS) is 13.2. The Morgan fingerprint density at radius 1 is 0.824 bits per heavy atom. The summed E-state index contributed by atoms with van der Waals surface area (Å²) in [5.41, 5.74) is 0. The molecule has 1 heteroatoms. The highest BCUT2D eigenvalue weighted by molar-refractivity contribution is 4.66. The Kier molecular flexibility index (Phi) is 12.4. The van der Waals surface area contributed by atoms with E-state index in [0.717, 1.165) is 18.4 Å².